The Labute approximate surface area is 158 Å². The fourth-order valence-electron chi connectivity index (χ4n) is 2.72. The summed E-state index contributed by atoms with van der Waals surface area (Å²) < 4.78 is 29.0. The van der Waals surface area contributed by atoms with Gasteiger partial charge in [-0.3, -0.25) is 9.36 Å². The number of rotatable bonds is 11. The fourth-order valence-corrected chi connectivity index (χ4v) is 4.53. The van der Waals surface area contributed by atoms with Crippen LogP contribution in [0.25, 0.3) is 0 Å². The van der Waals surface area contributed by atoms with Crippen LogP contribution in [0, 0.1) is 5.92 Å². The van der Waals surface area contributed by atoms with Gasteiger partial charge in [0, 0.05) is 0 Å². The molecule has 0 aliphatic rings. The van der Waals surface area contributed by atoms with Crippen molar-refractivity contribution >= 4 is 13.6 Å². The van der Waals surface area contributed by atoms with Crippen molar-refractivity contribution in [1.29, 1.82) is 0 Å². The molecule has 5 nitrogen and oxygen atoms in total. The molecule has 1 rings (SSSR count). The molecule has 0 N–H and O–H groups in total. The van der Waals surface area contributed by atoms with Gasteiger partial charge in [-0.25, -0.2) is 0 Å². The van der Waals surface area contributed by atoms with Crippen molar-refractivity contribution in [3.05, 3.63) is 35.4 Å². The summed E-state index contributed by atoms with van der Waals surface area (Å²) in [5.74, 6) is -1.18. The summed E-state index contributed by atoms with van der Waals surface area (Å²) in [5.41, 5.74) is 2.12. The number of carbonyl (C=O) groups is 1. The molecule has 26 heavy (non-hydrogen) atoms. The van der Waals surface area contributed by atoms with Crippen molar-refractivity contribution in [2.45, 2.75) is 66.1 Å². The number of hydrogen-bond acceptors (Lipinski definition) is 5. The molecular weight excluding hydrogens is 351 g/mol. The van der Waals surface area contributed by atoms with E-state index in [-0.39, 0.29) is 13.2 Å². The third-order valence-corrected chi connectivity index (χ3v) is 6.46. The summed E-state index contributed by atoms with van der Waals surface area (Å²) in [6, 6.07) is 7.99. The molecule has 0 saturated heterocycles. The van der Waals surface area contributed by atoms with E-state index >= 15 is 0 Å². The van der Waals surface area contributed by atoms with E-state index in [1.165, 1.54) is 5.56 Å². The van der Waals surface area contributed by atoms with Crippen LogP contribution in [-0.4, -0.2) is 25.0 Å². The van der Waals surface area contributed by atoms with Crippen LogP contribution in [0.15, 0.2) is 24.3 Å². The zero-order chi connectivity index (χ0) is 19.7. The van der Waals surface area contributed by atoms with Crippen molar-refractivity contribution in [3.8, 4) is 0 Å². The molecule has 0 amide bonds. The second kappa shape index (κ2) is 10.9. The van der Waals surface area contributed by atoms with Crippen LogP contribution in [0.2, 0.25) is 0 Å². The van der Waals surface area contributed by atoms with Gasteiger partial charge in [-0.15, -0.1) is 0 Å². The number of hydrogen-bond donors (Lipinski definition) is 0. The van der Waals surface area contributed by atoms with Gasteiger partial charge in [-0.05, 0) is 50.7 Å². The van der Waals surface area contributed by atoms with E-state index in [4.69, 9.17) is 13.8 Å². The Morgan fingerprint density at radius 3 is 1.96 bits per heavy atom. The summed E-state index contributed by atoms with van der Waals surface area (Å²) in [6.45, 7) is 11.9. The smallest absolute Gasteiger partial charge is 0.370 e. The van der Waals surface area contributed by atoms with Gasteiger partial charge in [0.05, 0.1) is 19.1 Å². The zero-order valence-electron chi connectivity index (χ0n) is 16.9. The van der Waals surface area contributed by atoms with Gasteiger partial charge in [-0.2, -0.15) is 0 Å². The van der Waals surface area contributed by atoms with Crippen LogP contribution in [0.1, 0.15) is 65.0 Å². The first-order valence-electron chi connectivity index (χ1n) is 9.45. The highest BCUT2D eigenvalue weighted by molar-refractivity contribution is 7.54. The summed E-state index contributed by atoms with van der Waals surface area (Å²) in [7, 11) is -3.48. The highest BCUT2D eigenvalue weighted by Crippen LogP contribution is 2.54. The van der Waals surface area contributed by atoms with Crippen LogP contribution >= 0.6 is 7.60 Å². The van der Waals surface area contributed by atoms with Gasteiger partial charge in [0.1, 0.15) is 0 Å². The van der Waals surface area contributed by atoms with Crippen molar-refractivity contribution < 1.29 is 23.1 Å². The topological polar surface area (TPSA) is 61.8 Å². The minimum absolute atomic E-state index is 0.234. The summed E-state index contributed by atoms with van der Waals surface area (Å²) >= 11 is 0. The Morgan fingerprint density at radius 2 is 1.54 bits per heavy atom. The van der Waals surface area contributed by atoms with E-state index in [2.05, 4.69) is 13.8 Å². The summed E-state index contributed by atoms with van der Waals surface area (Å²) in [4.78, 5) is 12.6. The third-order valence-electron chi connectivity index (χ3n) is 4.05. The third kappa shape index (κ3) is 6.53. The molecule has 1 aromatic rings. The lowest BCUT2D eigenvalue weighted by Crippen LogP contribution is -2.23. The van der Waals surface area contributed by atoms with Crippen LogP contribution in [0.5, 0.6) is 0 Å². The molecule has 0 aromatic heterocycles. The first-order valence-corrected chi connectivity index (χ1v) is 11.1. The van der Waals surface area contributed by atoms with Gasteiger partial charge < -0.3 is 13.8 Å². The molecule has 0 bridgehead atoms. The number of benzene rings is 1. The van der Waals surface area contributed by atoms with Gasteiger partial charge in [0.2, 0.25) is 5.85 Å². The first-order chi connectivity index (χ1) is 12.3. The molecule has 0 radical (unpaired) electrons. The van der Waals surface area contributed by atoms with Crippen molar-refractivity contribution in [3.63, 3.8) is 0 Å². The summed E-state index contributed by atoms with van der Waals surface area (Å²) in [6.07, 6.45) is 1.37. The molecule has 6 heteroatoms. The Balaban J connectivity index is 2.84. The first kappa shape index (κ1) is 22.9. The van der Waals surface area contributed by atoms with E-state index in [1.807, 2.05) is 24.3 Å². The molecule has 148 valence electrons. The van der Waals surface area contributed by atoms with Gasteiger partial charge in [-0.1, -0.05) is 45.0 Å². The van der Waals surface area contributed by atoms with Crippen molar-refractivity contribution in [2.75, 3.05) is 13.2 Å². The average molecular weight is 384 g/mol. The highest BCUT2D eigenvalue weighted by Gasteiger charge is 2.38. The minimum Gasteiger partial charge on any atom is -0.449 e. The molecule has 1 aromatic carbocycles. The Bertz CT molecular complexity index is 587. The van der Waals surface area contributed by atoms with E-state index < -0.39 is 25.3 Å². The Morgan fingerprint density at radius 1 is 1.00 bits per heavy atom. The van der Waals surface area contributed by atoms with E-state index in [0.29, 0.717) is 12.3 Å². The zero-order valence-corrected chi connectivity index (χ0v) is 17.8. The molecule has 0 unspecified atom stereocenters. The van der Waals surface area contributed by atoms with Gasteiger partial charge in [0.25, 0.3) is 0 Å². The average Bonchev–Trinajstić information content (AvgIpc) is 2.59. The number of carbonyl (C=O) groups excluding carboxylic acids is 1. The maximum absolute atomic E-state index is 12.9. The maximum Gasteiger partial charge on any atom is 0.370 e. The fraction of sp³-hybridized carbons (Fsp3) is 0.650. The van der Waals surface area contributed by atoms with E-state index in [0.717, 1.165) is 12.0 Å². The minimum atomic E-state index is -3.48. The lowest BCUT2D eigenvalue weighted by Gasteiger charge is -2.26. The quantitative estimate of drug-likeness (QED) is 0.371. The van der Waals surface area contributed by atoms with Crippen LogP contribution < -0.4 is 0 Å². The molecule has 0 aliphatic heterocycles. The molecule has 0 saturated carbocycles. The lowest BCUT2D eigenvalue weighted by molar-refractivity contribution is -0.148. The highest BCUT2D eigenvalue weighted by atomic mass is 31.2. The lowest BCUT2D eigenvalue weighted by atomic mass is 9.97. The molecule has 0 spiro atoms. The second-order valence-electron chi connectivity index (χ2n) is 6.74. The summed E-state index contributed by atoms with van der Waals surface area (Å²) in [5, 5.41) is 0. The van der Waals surface area contributed by atoms with Crippen LogP contribution in [0.3, 0.4) is 0 Å². The normalized spacial score (nSPS) is 14.3. The number of esters is 1. The van der Waals surface area contributed by atoms with E-state index in [1.54, 1.807) is 27.7 Å². The maximum atomic E-state index is 12.9. The molecule has 2 atom stereocenters. The Kier molecular flexibility index (Phi) is 9.56. The largest absolute Gasteiger partial charge is 0.449 e. The van der Waals surface area contributed by atoms with Gasteiger partial charge in [0.15, 0.2) is 0 Å². The predicted octanol–water partition coefficient (Wildman–Crippen LogP) is 5.53. The Hall–Kier alpha value is -1.16. The van der Waals surface area contributed by atoms with Crippen LogP contribution in [0.4, 0.5) is 0 Å². The SMILES string of the molecule is CCOP(=O)(OCC)[C@@H](CC)OC(=O)[C@@H](C)c1ccc(CC(C)C)cc1. The standard InChI is InChI=1S/C20H33O5P/c1-7-19(26(22,23-8-2)24-9-3)25-20(21)16(6)18-12-10-17(11-13-18)14-15(4)5/h10-13,15-16,19H,7-9,14H2,1-6H3/t16-,19-/m0/s1. The monoisotopic (exact) mass is 384 g/mol. The van der Waals surface area contributed by atoms with E-state index in [9.17, 15) is 9.36 Å². The second-order valence-corrected chi connectivity index (χ2v) is 8.91. The molecular formula is C20H33O5P. The predicted molar refractivity (Wildman–Crippen MR) is 104 cm³/mol. The number of ether oxygens (including phenoxy) is 1. The molecule has 0 fully saturated rings. The molecule has 0 aliphatic carbocycles. The van der Waals surface area contributed by atoms with Crippen molar-refractivity contribution in [2.24, 2.45) is 5.92 Å². The van der Waals surface area contributed by atoms with Crippen LogP contribution in [-0.2, 0) is 29.6 Å². The van der Waals surface area contributed by atoms with Gasteiger partial charge >= 0.3 is 13.6 Å². The molecule has 0 heterocycles. The van der Waals surface area contributed by atoms with Crippen molar-refractivity contribution in [1.82, 2.24) is 0 Å².